The third-order valence-corrected chi connectivity index (χ3v) is 3.61. The van der Waals surface area contributed by atoms with Crippen molar-refractivity contribution in [3.63, 3.8) is 0 Å². The summed E-state index contributed by atoms with van der Waals surface area (Å²) in [5, 5.41) is 14.3. The summed E-state index contributed by atoms with van der Waals surface area (Å²) in [4.78, 5) is 27.3. The summed E-state index contributed by atoms with van der Waals surface area (Å²) >= 11 is 0. The van der Waals surface area contributed by atoms with Crippen LogP contribution in [-0.2, 0) is 4.79 Å². The van der Waals surface area contributed by atoms with Crippen LogP contribution in [0.25, 0.3) is 11.6 Å². The van der Waals surface area contributed by atoms with Crippen LogP contribution in [0.2, 0.25) is 0 Å². The minimum absolute atomic E-state index is 0.0337. The summed E-state index contributed by atoms with van der Waals surface area (Å²) in [6.45, 7) is 0.445. The highest BCUT2D eigenvalue weighted by Crippen LogP contribution is 2.33. The number of carbonyl (C=O) groups is 2. The predicted molar refractivity (Wildman–Crippen MR) is 87.8 cm³/mol. The Morgan fingerprint density at radius 1 is 1.30 bits per heavy atom. The SMILES string of the molecule is O=C1Nc2ccc(C(=O)NCCCO)cc2/C1=C/c1ccc[nH]1. The lowest BCUT2D eigenvalue weighted by Crippen LogP contribution is -2.25. The molecule has 2 aromatic rings. The first-order valence-electron chi connectivity index (χ1n) is 7.39. The molecule has 0 atom stereocenters. The van der Waals surface area contributed by atoms with Gasteiger partial charge in [-0.1, -0.05) is 0 Å². The molecule has 0 bridgehead atoms. The second-order valence-corrected chi connectivity index (χ2v) is 5.23. The zero-order valence-electron chi connectivity index (χ0n) is 12.4. The minimum Gasteiger partial charge on any atom is -0.396 e. The average molecular weight is 311 g/mol. The smallest absolute Gasteiger partial charge is 0.256 e. The number of aromatic amines is 1. The number of benzene rings is 1. The molecule has 1 aromatic carbocycles. The van der Waals surface area contributed by atoms with E-state index >= 15 is 0 Å². The summed E-state index contributed by atoms with van der Waals surface area (Å²) in [5.74, 6) is -0.410. The van der Waals surface area contributed by atoms with Crippen LogP contribution in [0.1, 0.15) is 28.0 Å². The molecule has 0 saturated carbocycles. The lowest BCUT2D eigenvalue weighted by molar-refractivity contribution is -0.110. The number of rotatable bonds is 5. The summed E-state index contributed by atoms with van der Waals surface area (Å²) in [6.07, 6.45) is 4.05. The Bertz CT molecular complexity index is 763. The second kappa shape index (κ2) is 6.50. The van der Waals surface area contributed by atoms with Crippen LogP contribution in [0.15, 0.2) is 36.5 Å². The fourth-order valence-corrected chi connectivity index (χ4v) is 2.45. The molecule has 0 fully saturated rings. The van der Waals surface area contributed by atoms with Crippen molar-refractivity contribution in [3.05, 3.63) is 53.3 Å². The van der Waals surface area contributed by atoms with Gasteiger partial charge < -0.3 is 20.7 Å². The third kappa shape index (κ3) is 3.17. The van der Waals surface area contributed by atoms with Crippen molar-refractivity contribution in [1.82, 2.24) is 10.3 Å². The highest BCUT2D eigenvalue weighted by molar-refractivity contribution is 6.35. The van der Waals surface area contributed by atoms with Crippen LogP contribution in [0.5, 0.6) is 0 Å². The molecule has 3 rings (SSSR count). The van der Waals surface area contributed by atoms with Gasteiger partial charge >= 0.3 is 0 Å². The first kappa shape index (κ1) is 15.1. The number of hydrogen-bond donors (Lipinski definition) is 4. The van der Waals surface area contributed by atoms with Crippen LogP contribution in [-0.4, -0.2) is 35.1 Å². The van der Waals surface area contributed by atoms with Gasteiger partial charge in [-0.25, -0.2) is 0 Å². The molecule has 6 nitrogen and oxygen atoms in total. The molecule has 23 heavy (non-hydrogen) atoms. The Labute approximate surface area is 133 Å². The molecule has 0 spiro atoms. The van der Waals surface area contributed by atoms with Crippen LogP contribution < -0.4 is 10.6 Å². The van der Waals surface area contributed by atoms with Gasteiger partial charge in [-0.05, 0) is 42.8 Å². The lowest BCUT2D eigenvalue weighted by Gasteiger charge is -2.06. The zero-order valence-corrected chi connectivity index (χ0v) is 12.4. The van der Waals surface area contributed by atoms with E-state index in [2.05, 4.69) is 15.6 Å². The Hall–Kier alpha value is -2.86. The molecule has 0 saturated heterocycles. The maximum Gasteiger partial charge on any atom is 0.256 e. The first-order valence-corrected chi connectivity index (χ1v) is 7.39. The highest BCUT2D eigenvalue weighted by Gasteiger charge is 2.25. The topological polar surface area (TPSA) is 94.2 Å². The molecule has 4 N–H and O–H groups in total. The molecule has 0 aliphatic carbocycles. The fourth-order valence-electron chi connectivity index (χ4n) is 2.45. The summed E-state index contributed by atoms with van der Waals surface area (Å²) in [5.41, 5.74) is 3.22. The molecule has 2 heterocycles. The number of nitrogens with one attached hydrogen (secondary N) is 3. The number of aromatic nitrogens is 1. The molecule has 0 radical (unpaired) electrons. The van der Waals surface area contributed by atoms with Crippen LogP contribution in [0, 0.1) is 0 Å². The van der Waals surface area contributed by atoms with Gasteiger partial charge in [-0.2, -0.15) is 0 Å². The van der Waals surface area contributed by atoms with Crippen molar-refractivity contribution in [2.45, 2.75) is 6.42 Å². The molecular weight excluding hydrogens is 294 g/mol. The molecule has 0 unspecified atom stereocenters. The molecular formula is C17H17N3O3. The van der Waals surface area contributed by atoms with E-state index < -0.39 is 0 Å². The number of carbonyl (C=O) groups excluding carboxylic acids is 2. The number of fused-ring (bicyclic) bond motifs is 1. The van der Waals surface area contributed by atoms with E-state index in [0.29, 0.717) is 35.4 Å². The van der Waals surface area contributed by atoms with Gasteiger partial charge in [0.1, 0.15) is 0 Å². The van der Waals surface area contributed by atoms with Crippen LogP contribution in [0.4, 0.5) is 5.69 Å². The van der Waals surface area contributed by atoms with Gasteiger partial charge in [0.15, 0.2) is 0 Å². The minimum atomic E-state index is -0.222. The summed E-state index contributed by atoms with van der Waals surface area (Å²) in [7, 11) is 0. The van der Waals surface area contributed by atoms with Gasteiger partial charge in [0.2, 0.25) is 0 Å². The number of aliphatic hydroxyl groups excluding tert-OH is 1. The van der Waals surface area contributed by atoms with Crippen molar-refractivity contribution in [1.29, 1.82) is 0 Å². The van der Waals surface area contributed by atoms with E-state index in [1.54, 1.807) is 30.5 Å². The van der Waals surface area contributed by atoms with E-state index in [4.69, 9.17) is 5.11 Å². The van der Waals surface area contributed by atoms with Crippen molar-refractivity contribution in [2.75, 3.05) is 18.5 Å². The molecule has 2 amide bonds. The van der Waals surface area contributed by atoms with E-state index in [9.17, 15) is 9.59 Å². The van der Waals surface area contributed by atoms with Crippen molar-refractivity contribution < 1.29 is 14.7 Å². The molecule has 1 aromatic heterocycles. The molecule has 1 aliphatic heterocycles. The normalized spacial score (nSPS) is 14.7. The maximum atomic E-state index is 12.1. The predicted octanol–water partition coefficient (Wildman–Crippen LogP) is 1.62. The fraction of sp³-hybridized carbons (Fsp3) is 0.176. The van der Waals surface area contributed by atoms with Crippen molar-refractivity contribution in [3.8, 4) is 0 Å². The number of amides is 2. The standard InChI is InChI=1S/C17H17N3O3/c21-8-2-7-19-16(22)11-4-5-15-13(9-11)14(17(23)20-15)10-12-3-1-6-18-12/h1,3-6,9-10,18,21H,2,7-8H2,(H,19,22)(H,20,23)/b14-10-. The third-order valence-electron chi connectivity index (χ3n) is 3.61. The van der Waals surface area contributed by atoms with Crippen molar-refractivity contribution >= 4 is 29.2 Å². The Kier molecular flexibility index (Phi) is 4.25. The van der Waals surface area contributed by atoms with E-state index in [1.807, 2.05) is 12.1 Å². The molecule has 118 valence electrons. The van der Waals surface area contributed by atoms with E-state index in [1.165, 1.54) is 0 Å². The van der Waals surface area contributed by atoms with Gasteiger partial charge in [-0.15, -0.1) is 0 Å². The average Bonchev–Trinajstić information content (AvgIpc) is 3.16. The van der Waals surface area contributed by atoms with Gasteiger partial charge in [0, 0.05) is 41.9 Å². The van der Waals surface area contributed by atoms with E-state index in [-0.39, 0.29) is 18.4 Å². The van der Waals surface area contributed by atoms with Gasteiger partial charge in [0.05, 0.1) is 5.57 Å². The molecule has 6 heteroatoms. The Balaban J connectivity index is 1.88. The monoisotopic (exact) mass is 311 g/mol. The summed E-state index contributed by atoms with van der Waals surface area (Å²) < 4.78 is 0. The van der Waals surface area contributed by atoms with E-state index in [0.717, 1.165) is 5.69 Å². The number of hydrogen-bond acceptors (Lipinski definition) is 3. The first-order chi connectivity index (χ1) is 11.2. The Morgan fingerprint density at radius 3 is 2.91 bits per heavy atom. The largest absolute Gasteiger partial charge is 0.396 e. The Morgan fingerprint density at radius 2 is 2.17 bits per heavy atom. The number of H-pyrrole nitrogens is 1. The quantitative estimate of drug-likeness (QED) is 0.499. The van der Waals surface area contributed by atoms with Crippen molar-refractivity contribution in [2.24, 2.45) is 0 Å². The van der Waals surface area contributed by atoms with Gasteiger partial charge in [-0.3, -0.25) is 9.59 Å². The lowest BCUT2D eigenvalue weighted by atomic mass is 10.0. The number of aliphatic hydroxyl groups is 1. The summed E-state index contributed by atoms with van der Waals surface area (Å²) in [6, 6.07) is 8.82. The number of anilines is 1. The highest BCUT2D eigenvalue weighted by atomic mass is 16.3. The van der Waals surface area contributed by atoms with Gasteiger partial charge in [0.25, 0.3) is 11.8 Å². The van der Waals surface area contributed by atoms with Crippen LogP contribution >= 0.6 is 0 Å². The maximum absolute atomic E-state index is 12.1. The second-order valence-electron chi connectivity index (χ2n) is 5.23. The van der Waals surface area contributed by atoms with Crippen LogP contribution in [0.3, 0.4) is 0 Å². The zero-order chi connectivity index (χ0) is 16.2. The molecule has 1 aliphatic rings.